The first-order valence-corrected chi connectivity index (χ1v) is 8.82. The number of nitrogens with zero attached hydrogens (tertiary/aromatic N) is 1. The van der Waals surface area contributed by atoms with E-state index in [-0.39, 0.29) is 5.63 Å². The van der Waals surface area contributed by atoms with Gasteiger partial charge < -0.3 is 9.73 Å². The number of benzene rings is 2. The third kappa shape index (κ3) is 2.94. The summed E-state index contributed by atoms with van der Waals surface area (Å²) in [7, 11) is 0. The van der Waals surface area contributed by atoms with Crippen LogP contribution >= 0.6 is 11.3 Å². The van der Waals surface area contributed by atoms with Crippen molar-refractivity contribution in [3.8, 4) is 11.3 Å². The summed E-state index contributed by atoms with van der Waals surface area (Å²) in [5.74, 6) is 0. The minimum Gasteiger partial charge on any atom is -0.422 e. The van der Waals surface area contributed by atoms with E-state index in [2.05, 4.69) is 10.3 Å². The van der Waals surface area contributed by atoms with E-state index in [0.717, 1.165) is 27.3 Å². The summed E-state index contributed by atoms with van der Waals surface area (Å²) in [5, 5.41) is 6.82. The van der Waals surface area contributed by atoms with Gasteiger partial charge in [0, 0.05) is 16.5 Å². The molecule has 5 heteroatoms. The summed E-state index contributed by atoms with van der Waals surface area (Å²) >= 11 is 1.46. The van der Waals surface area contributed by atoms with Gasteiger partial charge in [0.05, 0.1) is 11.3 Å². The number of hydrogen-bond donors (Lipinski definition) is 1. The molecule has 1 N–H and O–H groups in total. The predicted octanol–water partition coefficient (Wildman–Crippen LogP) is 5.28. The summed E-state index contributed by atoms with van der Waals surface area (Å²) < 4.78 is 5.51. The van der Waals surface area contributed by atoms with Crippen LogP contribution in [0.4, 0.5) is 10.8 Å². The van der Waals surface area contributed by atoms with Gasteiger partial charge in [-0.2, -0.15) is 0 Å². The van der Waals surface area contributed by atoms with Crippen LogP contribution in [0, 0.1) is 13.8 Å². The third-order valence-electron chi connectivity index (χ3n) is 4.12. The zero-order valence-corrected chi connectivity index (χ0v) is 14.7. The number of fused-ring (bicyclic) bond motifs is 1. The number of nitrogens with one attached hydrogen (secondary N) is 1. The zero-order chi connectivity index (χ0) is 17.4. The first-order valence-electron chi connectivity index (χ1n) is 7.94. The van der Waals surface area contributed by atoms with Crippen LogP contribution < -0.4 is 10.9 Å². The van der Waals surface area contributed by atoms with E-state index < -0.39 is 0 Å². The highest BCUT2D eigenvalue weighted by Crippen LogP contribution is 2.28. The summed E-state index contributed by atoms with van der Waals surface area (Å²) in [5.41, 5.74) is 4.45. The highest BCUT2D eigenvalue weighted by molar-refractivity contribution is 7.14. The fraction of sp³-hybridized carbons (Fsp3) is 0.100. The number of aryl methyl sites for hydroxylation is 2. The maximum atomic E-state index is 12.4. The molecule has 4 aromatic rings. The smallest absolute Gasteiger partial charge is 0.345 e. The molecule has 4 nitrogen and oxygen atoms in total. The second-order valence-corrected chi connectivity index (χ2v) is 6.78. The van der Waals surface area contributed by atoms with Crippen LogP contribution in [0.1, 0.15) is 11.1 Å². The van der Waals surface area contributed by atoms with E-state index >= 15 is 0 Å². The molecular formula is C20H16N2O2S. The molecule has 25 heavy (non-hydrogen) atoms. The third-order valence-corrected chi connectivity index (χ3v) is 4.88. The minimum atomic E-state index is -0.366. The molecule has 0 aliphatic heterocycles. The largest absolute Gasteiger partial charge is 0.422 e. The minimum absolute atomic E-state index is 0.366. The fourth-order valence-corrected chi connectivity index (χ4v) is 3.47. The Balaban J connectivity index is 1.73. The average molecular weight is 348 g/mol. The van der Waals surface area contributed by atoms with Crippen LogP contribution in [-0.2, 0) is 0 Å². The molecule has 0 saturated carbocycles. The zero-order valence-electron chi connectivity index (χ0n) is 13.9. The Hall–Kier alpha value is -2.92. The van der Waals surface area contributed by atoms with Crippen molar-refractivity contribution in [1.29, 1.82) is 0 Å². The Morgan fingerprint density at radius 1 is 1.04 bits per heavy atom. The molecule has 0 bridgehead atoms. The molecule has 2 aromatic heterocycles. The van der Waals surface area contributed by atoms with Gasteiger partial charge in [0.1, 0.15) is 5.58 Å². The van der Waals surface area contributed by atoms with E-state index in [9.17, 15) is 4.79 Å². The quantitative estimate of drug-likeness (QED) is 0.512. The van der Waals surface area contributed by atoms with Gasteiger partial charge in [0.15, 0.2) is 5.13 Å². The maximum absolute atomic E-state index is 12.4. The van der Waals surface area contributed by atoms with Crippen LogP contribution in [0.2, 0.25) is 0 Å². The number of para-hydroxylation sites is 2. The molecule has 0 atom stereocenters. The Morgan fingerprint density at radius 2 is 1.84 bits per heavy atom. The lowest BCUT2D eigenvalue weighted by Gasteiger charge is -2.05. The second-order valence-electron chi connectivity index (χ2n) is 5.92. The van der Waals surface area contributed by atoms with Crippen molar-refractivity contribution in [3.05, 3.63) is 75.5 Å². The van der Waals surface area contributed by atoms with Gasteiger partial charge in [-0.15, -0.1) is 11.3 Å². The van der Waals surface area contributed by atoms with Crippen molar-refractivity contribution in [1.82, 2.24) is 4.98 Å². The van der Waals surface area contributed by atoms with Gasteiger partial charge in [-0.05, 0) is 37.1 Å². The number of aromatic nitrogens is 1. The van der Waals surface area contributed by atoms with E-state index in [1.165, 1.54) is 11.3 Å². The normalized spacial score (nSPS) is 11.0. The lowest BCUT2D eigenvalue weighted by Crippen LogP contribution is -2.03. The standard InChI is InChI=1S/C20H16N2O2S/c1-12-6-3-4-9-16(12)21-20-22-17(11-25-20)15-10-14-8-5-7-13(2)18(14)24-19(15)23/h3-11H,1-2H3,(H,21,22). The number of rotatable bonds is 3. The Labute approximate surface area is 148 Å². The molecule has 2 heterocycles. The molecule has 0 radical (unpaired) electrons. The van der Waals surface area contributed by atoms with Gasteiger partial charge in [-0.3, -0.25) is 0 Å². The Kier molecular flexibility index (Phi) is 3.86. The van der Waals surface area contributed by atoms with E-state index in [4.69, 9.17) is 4.42 Å². The van der Waals surface area contributed by atoms with Crippen LogP contribution in [0.3, 0.4) is 0 Å². The maximum Gasteiger partial charge on any atom is 0.345 e. The average Bonchev–Trinajstić information content (AvgIpc) is 3.06. The first kappa shape index (κ1) is 15.6. The lowest BCUT2D eigenvalue weighted by atomic mass is 10.1. The van der Waals surface area contributed by atoms with Crippen molar-refractivity contribution >= 4 is 33.1 Å². The molecule has 0 aliphatic carbocycles. The van der Waals surface area contributed by atoms with Gasteiger partial charge in [0.2, 0.25) is 0 Å². The summed E-state index contributed by atoms with van der Waals surface area (Å²) in [4.78, 5) is 16.9. The highest BCUT2D eigenvalue weighted by atomic mass is 32.1. The van der Waals surface area contributed by atoms with E-state index in [0.29, 0.717) is 16.8 Å². The van der Waals surface area contributed by atoms with Crippen LogP contribution in [0.25, 0.3) is 22.2 Å². The SMILES string of the molecule is Cc1ccccc1Nc1nc(-c2cc3cccc(C)c3oc2=O)cs1. The van der Waals surface area contributed by atoms with Gasteiger partial charge >= 0.3 is 5.63 Å². The highest BCUT2D eigenvalue weighted by Gasteiger charge is 2.13. The molecule has 2 aromatic carbocycles. The Morgan fingerprint density at radius 3 is 2.68 bits per heavy atom. The molecule has 0 saturated heterocycles. The molecule has 0 aliphatic rings. The molecule has 0 fully saturated rings. The number of hydrogen-bond acceptors (Lipinski definition) is 5. The second kappa shape index (κ2) is 6.18. The van der Waals surface area contributed by atoms with Crippen molar-refractivity contribution < 1.29 is 4.42 Å². The van der Waals surface area contributed by atoms with Crippen molar-refractivity contribution in [2.24, 2.45) is 0 Å². The summed E-state index contributed by atoms with van der Waals surface area (Å²) in [6, 6.07) is 15.7. The van der Waals surface area contributed by atoms with Gasteiger partial charge in [-0.1, -0.05) is 36.4 Å². The fourth-order valence-electron chi connectivity index (χ4n) is 2.75. The monoisotopic (exact) mass is 348 g/mol. The van der Waals surface area contributed by atoms with E-state index in [1.807, 2.05) is 67.8 Å². The van der Waals surface area contributed by atoms with Gasteiger partial charge in [0.25, 0.3) is 0 Å². The van der Waals surface area contributed by atoms with Crippen LogP contribution in [-0.4, -0.2) is 4.98 Å². The van der Waals surface area contributed by atoms with Crippen LogP contribution in [0.5, 0.6) is 0 Å². The lowest BCUT2D eigenvalue weighted by molar-refractivity contribution is 0.561. The molecule has 124 valence electrons. The molecule has 0 unspecified atom stereocenters. The van der Waals surface area contributed by atoms with Crippen molar-refractivity contribution in [2.75, 3.05) is 5.32 Å². The van der Waals surface area contributed by atoms with Crippen molar-refractivity contribution in [2.45, 2.75) is 13.8 Å². The van der Waals surface area contributed by atoms with Gasteiger partial charge in [-0.25, -0.2) is 9.78 Å². The number of anilines is 2. The van der Waals surface area contributed by atoms with Crippen LogP contribution in [0.15, 0.2) is 63.1 Å². The first-order chi connectivity index (χ1) is 12.1. The number of thiazole rings is 1. The Bertz CT molecular complexity index is 1130. The van der Waals surface area contributed by atoms with E-state index in [1.54, 1.807) is 0 Å². The van der Waals surface area contributed by atoms with Crippen molar-refractivity contribution in [3.63, 3.8) is 0 Å². The summed E-state index contributed by atoms with van der Waals surface area (Å²) in [6.45, 7) is 3.97. The molecule has 0 amide bonds. The summed E-state index contributed by atoms with van der Waals surface area (Å²) in [6.07, 6.45) is 0. The molecular weight excluding hydrogens is 332 g/mol. The molecule has 0 spiro atoms. The topological polar surface area (TPSA) is 55.1 Å². The predicted molar refractivity (Wildman–Crippen MR) is 103 cm³/mol. The molecule has 4 rings (SSSR count).